The molecule has 2 aromatic heterocycles. The number of halogens is 6. The lowest BCUT2D eigenvalue weighted by Crippen LogP contribution is -2.52. The molecule has 1 saturated heterocycles. The molecule has 194 valence electrons. The molecule has 2 aromatic carbocycles. The number of benzene rings is 2. The van der Waals surface area contributed by atoms with Crippen LogP contribution in [-0.4, -0.2) is 57.5 Å². The summed E-state index contributed by atoms with van der Waals surface area (Å²) in [6.45, 7) is -1.54. The van der Waals surface area contributed by atoms with Crippen LogP contribution >= 0.6 is 0 Å². The Labute approximate surface area is 206 Å². The van der Waals surface area contributed by atoms with Crippen molar-refractivity contribution in [1.82, 2.24) is 19.3 Å². The van der Waals surface area contributed by atoms with Crippen molar-refractivity contribution in [3.63, 3.8) is 0 Å². The van der Waals surface area contributed by atoms with E-state index >= 15 is 0 Å². The molecule has 1 aliphatic rings. The van der Waals surface area contributed by atoms with Crippen molar-refractivity contribution in [2.45, 2.75) is 19.1 Å². The largest absolute Gasteiger partial charge is 0.406 e. The standard InChI is InChI=1S/C24H20F6N6O/c25-20-14(2-1-3-16(20)21(26)27)11-32-22-17-10-15(4-5-18(17)36-7-6-31-23(36)33-22)34-8-9-35(19(37)12-34)13-24(28,29)30/h1-7,10,21H,8-9,11-13H2,(H,31,32,33). The molecule has 0 saturated carbocycles. The van der Waals surface area contributed by atoms with Crippen LogP contribution in [0.25, 0.3) is 16.7 Å². The second-order valence-electron chi connectivity index (χ2n) is 8.59. The van der Waals surface area contributed by atoms with Crippen LogP contribution in [0, 0.1) is 5.82 Å². The van der Waals surface area contributed by atoms with E-state index in [1.807, 2.05) is 0 Å². The molecular weight excluding hydrogens is 502 g/mol. The van der Waals surface area contributed by atoms with E-state index in [-0.39, 0.29) is 31.7 Å². The maximum atomic E-state index is 14.6. The van der Waals surface area contributed by atoms with Gasteiger partial charge in [0.1, 0.15) is 18.2 Å². The lowest BCUT2D eigenvalue weighted by atomic mass is 10.1. The predicted octanol–water partition coefficient (Wildman–Crippen LogP) is 4.78. The van der Waals surface area contributed by atoms with Crippen LogP contribution in [-0.2, 0) is 11.3 Å². The van der Waals surface area contributed by atoms with Gasteiger partial charge in [0.25, 0.3) is 6.43 Å². The maximum Gasteiger partial charge on any atom is 0.406 e. The molecule has 0 atom stereocenters. The zero-order chi connectivity index (χ0) is 26.3. The van der Waals surface area contributed by atoms with Gasteiger partial charge in [-0.25, -0.2) is 18.2 Å². The number of alkyl halides is 5. The number of fused-ring (bicyclic) bond motifs is 3. The van der Waals surface area contributed by atoms with Crippen molar-refractivity contribution in [3.8, 4) is 0 Å². The lowest BCUT2D eigenvalue weighted by Gasteiger charge is -2.36. The molecule has 5 rings (SSSR count). The van der Waals surface area contributed by atoms with Gasteiger partial charge in [-0.05, 0) is 18.2 Å². The molecule has 1 amide bonds. The third kappa shape index (κ3) is 4.98. The molecule has 0 aliphatic carbocycles. The number of amides is 1. The van der Waals surface area contributed by atoms with E-state index in [2.05, 4.69) is 15.3 Å². The van der Waals surface area contributed by atoms with Gasteiger partial charge < -0.3 is 15.1 Å². The summed E-state index contributed by atoms with van der Waals surface area (Å²) in [6, 6.07) is 8.99. The first-order valence-corrected chi connectivity index (χ1v) is 11.3. The molecule has 0 spiro atoms. The van der Waals surface area contributed by atoms with Crippen LogP contribution in [0.1, 0.15) is 17.6 Å². The van der Waals surface area contributed by atoms with Crippen molar-refractivity contribution < 1.29 is 31.1 Å². The first kappa shape index (κ1) is 24.7. The summed E-state index contributed by atoms with van der Waals surface area (Å²) in [4.78, 5) is 23.5. The molecule has 0 radical (unpaired) electrons. The van der Waals surface area contributed by atoms with Gasteiger partial charge in [-0.1, -0.05) is 18.2 Å². The van der Waals surface area contributed by atoms with E-state index in [9.17, 15) is 31.1 Å². The molecule has 1 aliphatic heterocycles. The van der Waals surface area contributed by atoms with Gasteiger partial charge in [-0.2, -0.15) is 18.2 Å². The summed E-state index contributed by atoms with van der Waals surface area (Å²) < 4.78 is 80.7. The molecule has 0 unspecified atom stereocenters. The van der Waals surface area contributed by atoms with Crippen LogP contribution < -0.4 is 10.2 Å². The van der Waals surface area contributed by atoms with Crippen LogP contribution in [0.3, 0.4) is 0 Å². The number of imidazole rings is 1. The number of nitrogens with zero attached hydrogens (tertiary/aromatic N) is 5. The van der Waals surface area contributed by atoms with Gasteiger partial charge in [0.15, 0.2) is 0 Å². The second kappa shape index (κ2) is 9.45. The fourth-order valence-corrected chi connectivity index (χ4v) is 4.38. The number of hydrogen-bond donors (Lipinski definition) is 1. The smallest absolute Gasteiger partial charge is 0.365 e. The fraction of sp³-hybridized carbons (Fsp3) is 0.292. The summed E-state index contributed by atoms with van der Waals surface area (Å²) in [7, 11) is 0. The Morgan fingerprint density at radius 1 is 1.11 bits per heavy atom. The molecule has 3 heterocycles. The molecule has 7 nitrogen and oxygen atoms in total. The topological polar surface area (TPSA) is 65.8 Å². The summed E-state index contributed by atoms with van der Waals surface area (Å²) in [6.07, 6.45) is -4.19. The predicted molar refractivity (Wildman–Crippen MR) is 124 cm³/mol. The number of carbonyl (C=O) groups is 1. The lowest BCUT2D eigenvalue weighted by molar-refractivity contribution is -0.161. The highest BCUT2D eigenvalue weighted by Gasteiger charge is 2.35. The van der Waals surface area contributed by atoms with Crippen LogP contribution in [0.5, 0.6) is 0 Å². The maximum absolute atomic E-state index is 14.6. The Kier molecular flexibility index (Phi) is 6.30. The first-order valence-electron chi connectivity index (χ1n) is 11.3. The molecule has 1 N–H and O–H groups in total. The molecule has 37 heavy (non-hydrogen) atoms. The fourth-order valence-electron chi connectivity index (χ4n) is 4.38. The van der Waals surface area contributed by atoms with Crippen molar-refractivity contribution in [2.24, 2.45) is 0 Å². The van der Waals surface area contributed by atoms with Gasteiger partial charge in [-0.3, -0.25) is 9.20 Å². The Hall–Kier alpha value is -4.03. The van der Waals surface area contributed by atoms with Crippen LogP contribution in [0.2, 0.25) is 0 Å². The Morgan fingerprint density at radius 3 is 2.65 bits per heavy atom. The number of anilines is 2. The third-order valence-electron chi connectivity index (χ3n) is 6.17. The average molecular weight is 522 g/mol. The Balaban J connectivity index is 1.46. The van der Waals surface area contributed by atoms with E-state index in [1.54, 1.807) is 39.9 Å². The number of rotatable bonds is 6. The summed E-state index contributed by atoms with van der Waals surface area (Å²) in [5.74, 6) is -0.994. The first-order chi connectivity index (χ1) is 17.6. The minimum atomic E-state index is -4.47. The second-order valence-corrected chi connectivity index (χ2v) is 8.59. The van der Waals surface area contributed by atoms with Crippen LogP contribution in [0.4, 0.5) is 37.8 Å². The summed E-state index contributed by atoms with van der Waals surface area (Å²) >= 11 is 0. The summed E-state index contributed by atoms with van der Waals surface area (Å²) in [5, 5.41) is 3.56. The Morgan fingerprint density at radius 2 is 1.92 bits per heavy atom. The van der Waals surface area contributed by atoms with Crippen molar-refractivity contribution in [3.05, 3.63) is 65.7 Å². The zero-order valence-electron chi connectivity index (χ0n) is 19.1. The number of piperazine rings is 1. The van der Waals surface area contributed by atoms with Gasteiger partial charge in [0.2, 0.25) is 11.7 Å². The van der Waals surface area contributed by atoms with Crippen molar-refractivity contribution in [2.75, 3.05) is 36.4 Å². The van der Waals surface area contributed by atoms with Gasteiger partial charge in [-0.15, -0.1) is 0 Å². The van der Waals surface area contributed by atoms with Gasteiger partial charge >= 0.3 is 6.18 Å². The highest BCUT2D eigenvalue weighted by molar-refractivity contribution is 5.94. The highest BCUT2D eigenvalue weighted by atomic mass is 19.4. The molecule has 4 aromatic rings. The molecule has 1 fully saturated rings. The van der Waals surface area contributed by atoms with Gasteiger partial charge in [0, 0.05) is 48.7 Å². The SMILES string of the molecule is O=C1CN(c2ccc3c(c2)c(NCc2cccc(C(F)F)c2F)nc2nccn23)CCN1CC(F)(F)F. The van der Waals surface area contributed by atoms with E-state index in [0.717, 1.165) is 11.0 Å². The molecule has 13 heteroatoms. The number of aromatic nitrogens is 3. The van der Waals surface area contributed by atoms with Crippen molar-refractivity contribution in [1.29, 1.82) is 0 Å². The number of carbonyl (C=O) groups excluding carboxylic acids is 1. The minimum absolute atomic E-state index is 0.0264. The normalized spacial score (nSPS) is 14.8. The van der Waals surface area contributed by atoms with E-state index in [4.69, 9.17) is 0 Å². The third-order valence-corrected chi connectivity index (χ3v) is 6.17. The van der Waals surface area contributed by atoms with Crippen LogP contribution in [0.15, 0.2) is 48.8 Å². The van der Waals surface area contributed by atoms with E-state index in [0.29, 0.717) is 28.2 Å². The Bertz CT molecular complexity index is 1470. The quantitative estimate of drug-likeness (QED) is 0.370. The molecule has 0 bridgehead atoms. The zero-order valence-corrected chi connectivity index (χ0v) is 19.1. The van der Waals surface area contributed by atoms with E-state index < -0.39 is 36.4 Å². The van der Waals surface area contributed by atoms with Crippen molar-refractivity contribution >= 4 is 34.1 Å². The summed E-state index contributed by atoms with van der Waals surface area (Å²) in [5.41, 5.74) is 0.594. The average Bonchev–Trinajstić information content (AvgIpc) is 3.32. The highest BCUT2D eigenvalue weighted by Crippen LogP contribution is 2.30. The monoisotopic (exact) mass is 522 g/mol. The van der Waals surface area contributed by atoms with E-state index in [1.165, 1.54) is 12.1 Å². The molecular formula is C24H20F6N6O. The van der Waals surface area contributed by atoms with Gasteiger partial charge in [0.05, 0.1) is 17.6 Å². The number of hydrogen-bond acceptors (Lipinski definition) is 5. The number of nitrogens with one attached hydrogen (secondary N) is 1. The minimum Gasteiger partial charge on any atom is -0.365 e.